The summed E-state index contributed by atoms with van der Waals surface area (Å²) in [6.45, 7) is 5.69. The first kappa shape index (κ1) is 19.0. The lowest BCUT2D eigenvalue weighted by Crippen LogP contribution is -2.64. The van der Waals surface area contributed by atoms with Gasteiger partial charge in [-0.25, -0.2) is 4.79 Å². The van der Waals surface area contributed by atoms with E-state index >= 15 is 0 Å². The topological polar surface area (TPSA) is 92.1 Å². The van der Waals surface area contributed by atoms with E-state index in [4.69, 9.17) is 4.74 Å². The Morgan fingerprint density at radius 2 is 2.04 bits per heavy atom. The number of pyridine rings is 1. The van der Waals surface area contributed by atoms with Gasteiger partial charge in [-0.15, -0.1) is 0 Å². The first-order valence-corrected chi connectivity index (χ1v) is 10.2. The number of amides is 1. The maximum Gasteiger partial charge on any atom is 0.341 e. The third kappa shape index (κ3) is 3.09. The number of carbonyl (C=O) groups excluding carboxylic acids is 1. The molecule has 1 aromatic heterocycles. The van der Waals surface area contributed by atoms with Gasteiger partial charge < -0.3 is 19.3 Å². The Hall–Kier alpha value is -2.35. The number of nitrogens with zero attached hydrogens (tertiary/aromatic N) is 3. The van der Waals surface area contributed by atoms with Crippen molar-refractivity contribution >= 4 is 11.9 Å². The lowest BCUT2D eigenvalue weighted by atomic mass is 10.0. The summed E-state index contributed by atoms with van der Waals surface area (Å²) >= 11 is 0. The number of aromatic nitrogens is 1. The van der Waals surface area contributed by atoms with E-state index in [9.17, 15) is 19.5 Å². The molecule has 0 spiro atoms. The van der Waals surface area contributed by atoms with Crippen molar-refractivity contribution in [2.75, 3.05) is 13.2 Å². The van der Waals surface area contributed by atoms with Gasteiger partial charge in [0, 0.05) is 24.8 Å². The number of rotatable bonds is 6. The molecular weight excluding hydrogens is 362 g/mol. The molecule has 8 heteroatoms. The zero-order valence-corrected chi connectivity index (χ0v) is 16.4. The number of ether oxygens (including phenoxy) is 1. The first-order chi connectivity index (χ1) is 13.4. The van der Waals surface area contributed by atoms with Crippen LogP contribution in [-0.2, 0) is 6.54 Å². The van der Waals surface area contributed by atoms with Crippen molar-refractivity contribution in [2.45, 2.75) is 70.7 Å². The van der Waals surface area contributed by atoms with Crippen LogP contribution in [0.15, 0.2) is 11.0 Å². The van der Waals surface area contributed by atoms with E-state index in [0.29, 0.717) is 12.6 Å². The zero-order chi connectivity index (χ0) is 20.0. The number of carbonyl (C=O) groups is 2. The Kier molecular flexibility index (Phi) is 4.91. The molecule has 0 bridgehead atoms. The summed E-state index contributed by atoms with van der Waals surface area (Å²) in [6.07, 6.45) is 5.96. The van der Waals surface area contributed by atoms with Crippen LogP contribution in [0.4, 0.5) is 0 Å². The fourth-order valence-electron chi connectivity index (χ4n) is 4.34. The lowest BCUT2D eigenvalue weighted by Gasteiger charge is -2.50. The Bertz CT molecular complexity index is 860. The molecule has 3 heterocycles. The average Bonchev–Trinajstić information content (AvgIpc) is 3.48. The van der Waals surface area contributed by atoms with Crippen LogP contribution in [0.3, 0.4) is 0 Å². The second-order valence-electron chi connectivity index (χ2n) is 8.01. The van der Waals surface area contributed by atoms with Gasteiger partial charge in [-0.2, -0.15) is 0 Å². The van der Waals surface area contributed by atoms with Crippen LogP contribution in [0.1, 0.15) is 66.8 Å². The number of carboxylic acid groups (broad SMARTS) is 1. The Morgan fingerprint density at radius 3 is 2.68 bits per heavy atom. The summed E-state index contributed by atoms with van der Waals surface area (Å²) in [4.78, 5) is 42.0. The van der Waals surface area contributed by atoms with E-state index in [0.717, 1.165) is 38.6 Å². The maximum atomic E-state index is 13.4. The molecular formula is C20H27N3O5. The van der Waals surface area contributed by atoms with Crippen molar-refractivity contribution in [3.63, 3.8) is 0 Å². The summed E-state index contributed by atoms with van der Waals surface area (Å²) in [6, 6.07) is 0.562. The molecule has 3 aliphatic rings. The largest absolute Gasteiger partial charge is 0.487 e. The maximum absolute atomic E-state index is 13.4. The highest BCUT2D eigenvalue weighted by Gasteiger charge is 2.47. The van der Waals surface area contributed by atoms with E-state index < -0.39 is 11.4 Å². The van der Waals surface area contributed by atoms with Gasteiger partial charge in [-0.05, 0) is 32.6 Å². The average molecular weight is 389 g/mol. The summed E-state index contributed by atoms with van der Waals surface area (Å²) in [5, 5.41) is 9.48. The summed E-state index contributed by atoms with van der Waals surface area (Å²) in [5.74, 6) is -1.66. The molecule has 0 aromatic carbocycles. The van der Waals surface area contributed by atoms with Crippen molar-refractivity contribution in [3.8, 4) is 5.75 Å². The monoisotopic (exact) mass is 389 g/mol. The molecule has 1 N–H and O–H groups in total. The standard InChI is InChI=1S/C20H27N3O5/c1-3-4-9-28-18-16-19(25)23-12(2)7-8-22(13-5-6-13)15(23)11-21(16)10-14(17(18)24)20(26)27/h10,12-13,15H,3-9,11H2,1-2H3,(H,26,27)/t12-,15-/m0/s1. The van der Waals surface area contributed by atoms with Gasteiger partial charge in [0.05, 0.1) is 13.2 Å². The molecule has 1 aliphatic carbocycles. The molecule has 152 valence electrons. The van der Waals surface area contributed by atoms with E-state index in [1.165, 1.54) is 6.20 Å². The van der Waals surface area contributed by atoms with Gasteiger partial charge in [-0.3, -0.25) is 14.5 Å². The van der Waals surface area contributed by atoms with Crippen molar-refractivity contribution in [2.24, 2.45) is 0 Å². The highest BCUT2D eigenvalue weighted by molar-refractivity contribution is 5.98. The van der Waals surface area contributed by atoms with Crippen LogP contribution in [0, 0.1) is 0 Å². The third-order valence-corrected chi connectivity index (χ3v) is 6.01. The zero-order valence-electron chi connectivity index (χ0n) is 16.4. The Labute approximate surface area is 163 Å². The van der Waals surface area contributed by atoms with Gasteiger partial charge in [0.1, 0.15) is 11.7 Å². The fraction of sp³-hybridized carbons (Fsp3) is 0.650. The van der Waals surface area contributed by atoms with Crippen LogP contribution >= 0.6 is 0 Å². The number of hydrogen-bond acceptors (Lipinski definition) is 5. The van der Waals surface area contributed by atoms with E-state index in [1.807, 2.05) is 18.7 Å². The minimum Gasteiger partial charge on any atom is -0.487 e. The Morgan fingerprint density at radius 1 is 1.29 bits per heavy atom. The molecule has 0 unspecified atom stereocenters. The fourth-order valence-corrected chi connectivity index (χ4v) is 4.34. The number of carboxylic acids is 1. The van der Waals surface area contributed by atoms with Gasteiger partial charge in [0.2, 0.25) is 5.43 Å². The number of unbranched alkanes of at least 4 members (excludes halogenated alkanes) is 1. The molecule has 28 heavy (non-hydrogen) atoms. The quantitative estimate of drug-likeness (QED) is 0.746. The van der Waals surface area contributed by atoms with E-state index in [2.05, 4.69) is 4.90 Å². The van der Waals surface area contributed by atoms with Crippen LogP contribution in [-0.4, -0.2) is 62.8 Å². The SMILES string of the molecule is CCCCOc1c2n(cc(C(=O)O)c1=O)C[C@H]1N(C3CC3)CC[C@H](C)N1C2=O. The first-order valence-electron chi connectivity index (χ1n) is 10.2. The summed E-state index contributed by atoms with van der Waals surface area (Å²) < 4.78 is 7.31. The van der Waals surface area contributed by atoms with Crippen molar-refractivity contribution in [1.82, 2.24) is 14.4 Å². The van der Waals surface area contributed by atoms with Crippen molar-refractivity contribution in [1.29, 1.82) is 0 Å². The van der Waals surface area contributed by atoms with Crippen LogP contribution in [0.25, 0.3) is 0 Å². The molecule has 2 fully saturated rings. The molecule has 2 aliphatic heterocycles. The second-order valence-corrected chi connectivity index (χ2v) is 8.01. The third-order valence-electron chi connectivity index (χ3n) is 6.01. The molecule has 1 saturated carbocycles. The van der Waals surface area contributed by atoms with Gasteiger partial charge in [0.25, 0.3) is 5.91 Å². The van der Waals surface area contributed by atoms with Crippen LogP contribution in [0.2, 0.25) is 0 Å². The van der Waals surface area contributed by atoms with Crippen molar-refractivity contribution < 1.29 is 19.4 Å². The Balaban J connectivity index is 1.81. The normalized spacial score (nSPS) is 24.6. The molecule has 2 atom stereocenters. The minimum atomic E-state index is -1.30. The van der Waals surface area contributed by atoms with Crippen LogP contribution in [0.5, 0.6) is 5.75 Å². The summed E-state index contributed by atoms with van der Waals surface area (Å²) in [7, 11) is 0. The van der Waals surface area contributed by atoms with Crippen LogP contribution < -0.4 is 10.2 Å². The smallest absolute Gasteiger partial charge is 0.341 e. The van der Waals surface area contributed by atoms with Crippen molar-refractivity contribution in [3.05, 3.63) is 27.7 Å². The number of fused-ring (bicyclic) bond motifs is 2. The predicted molar refractivity (Wildman–Crippen MR) is 102 cm³/mol. The van der Waals surface area contributed by atoms with Gasteiger partial charge in [0.15, 0.2) is 11.4 Å². The van der Waals surface area contributed by atoms with E-state index in [1.54, 1.807) is 4.57 Å². The molecule has 4 rings (SSSR count). The van der Waals surface area contributed by atoms with Gasteiger partial charge in [-0.1, -0.05) is 13.3 Å². The molecule has 1 amide bonds. The molecule has 1 aromatic rings. The number of hydrogen-bond donors (Lipinski definition) is 1. The lowest BCUT2D eigenvalue weighted by molar-refractivity contribution is -0.0364. The molecule has 1 saturated heterocycles. The minimum absolute atomic E-state index is 0.0685. The highest BCUT2D eigenvalue weighted by Crippen LogP contribution is 2.37. The molecule has 8 nitrogen and oxygen atoms in total. The molecule has 0 radical (unpaired) electrons. The second kappa shape index (κ2) is 7.24. The highest BCUT2D eigenvalue weighted by atomic mass is 16.5. The van der Waals surface area contributed by atoms with E-state index in [-0.39, 0.29) is 41.7 Å². The predicted octanol–water partition coefficient (Wildman–Crippen LogP) is 1.76. The number of aromatic carboxylic acids is 1. The summed E-state index contributed by atoms with van der Waals surface area (Å²) in [5.41, 5.74) is -0.879. The van der Waals surface area contributed by atoms with Gasteiger partial charge >= 0.3 is 5.97 Å².